The Morgan fingerprint density at radius 1 is 1.23 bits per heavy atom. The Morgan fingerprint density at radius 2 is 2.03 bits per heavy atom. The van der Waals surface area contributed by atoms with Crippen molar-refractivity contribution in [1.82, 2.24) is 19.6 Å². The quantitative estimate of drug-likeness (QED) is 0.493. The maximum Gasteiger partial charge on any atom is 0.228 e. The van der Waals surface area contributed by atoms with Crippen LogP contribution in [0.4, 0.5) is 0 Å². The van der Waals surface area contributed by atoms with E-state index in [4.69, 9.17) is 14.5 Å². The summed E-state index contributed by atoms with van der Waals surface area (Å²) in [5.74, 6) is 1.92. The third kappa shape index (κ3) is 2.88. The van der Waals surface area contributed by atoms with Crippen LogP contribution >= 0.6 is 11.3 Å². The van der Waals surface area contributed by atoms with Gasteiger partial charge in [0.05, 0.1) is 17.6 Å². The Hall–Kier alpha value is -3.52. The number of rotatable bonds is 4. The van der Waals surface area contributed by atoms with Crippen molar-refractivity contribution < 1.29 is 14.3 Å². The van der Waals surface area contributed by atoms with Gasteiger partial charge in [-0.15, -0.1) is 16.4 Å². The van der Waals surface area contributed by atoms with E-state index >= 15 is 0 Å². The molecule has 5 rings (SSSR count). The molecular formula is C22H18N4O3S. The second-order valence-corrected chi connectivity index (χ2v) is 7.93. The summed E-state index contributed by atoms with van der Waals surface area (Å²) in [5.41, 5.74) is 2.87. The largest absolute Gasteiger partial charge is 0.497 e. The number of Topliss-reactive ketones (excluding diaryl/α,β-unsaturated/α-hetero) is 1. The van der Waals surface area contributed by atoms with Gasteiger partial charge in [-0.2, -0.15) is 0 Å². The van der Waals surface area contributed by atoms with Gasteiger partial charge in [-0.1, -0.05) is 18.2 Å². The van der Waals surface area contributed by atoms with Gasteiger partial charge < -0.3 is 9.47 Å². The number of benzene rings is 1. The van der Waals surface area contributed by atoms with Gasteiger partial charge in [0.25, 0.3) is 0 Å². The molecule has 4 heterocycles. The fourth-order valence-electron chi connectivity index (χ4n) is 3.83. The lowest BCUT2D eigenvalue weighted by atomic mass is 9.82. The number of methoxy groups -OCH3 is 1. The molecule has 30 heavy (non-hydrogen) atoms. The predicted molar refractivity (Wildman–Crippen MR) is 113 cm³/mol. The first kappa shape index (κ1) is 18.5. The molecule has 0 spiro atoms. The van der Waals surface area contributed by atoms with Crippen molar-refractivity contribution in [3.63, 3.8) is 0 Å². The van der Waals surface area contributed by atoms with Crippen molar-refractivity contribution >= 4 is 22.8 Å². The third-order valence-electron chi connectivity index (χ3n) is 5.16. The number of carbonyl (C=O) groups is 1. The zero-order chi connectivity index (χ0) is 20.8. The summed E-state index contributed by atoms with van der Waals surface area (Å²) in [5, 5.41) is 6.57. The van der Waals surface area contributed by atoms with Crippen molar-refractivity contribution in [2.75, 3.05) is 7.11 Å². The van der Waals surface area contributed by atoms with E-state index in [1.807, 2.05) is 41.8 Å². The van der Waals surface area contributed by atoms with E-state index in [0.29, 0.717) is 28.7 Å². The lowest BCUT2D eigenvalue weighted by molar-refractivity contribution is -0.114. The van der Waals surface area contributed by atoms with Gasteiger partial charge in [0, 0.05) is 11.5 Å². The van der Waals surface area contributed by atoms with Gasteiger partial charge in [0.15, 0.2) is 17.3 Å². The Balaban J connectivity index is 1.77. The number of fused-ring (bicyclic) bond motifs is 3. The monoisotopic (exact) mass is 418 g/mol. The van der Waals surface area contributed by atoms with E-state index in [1.54, 1.807) is 43.1 Å². The van der Waals surface area contributed by atoms with Crippen molar-refractivity contribution in [3.05, 3.63) is 70.6 Å². The molecule has 8 heteroatoms. The lowest BCUT2D eigenvalue weighted by Crippen LogP contribution is -2.22. The average Bonchev–Trinajstić information content (AvgIpc) is 3.42. The van der Waals surface area contributed by atoms with E-state index in [9.17, 15) is 4.79 Å². The number of ketones is 1. The van der Waals surface area contributed by atoms with Crippen LogP contribution in [0.25, 0.3) is 16.3 Å². The number of hydrogen-bond donors (Lipinski definition) is 0. The minimum atomic E-state index is -0.367. The fraction of sp³-hybridized carbons (Fsp3) is 0.182. The van der Waals surface area contributed by atoms with E-state index in [-0.39, 0.29) is 11.7 Å². The summed E-state index contributed by atoms with van der Waals surface area (Å²) in [6, 6.07) is 11.6. The predicted octanol–water partition coefficient (Wildman–Crippen LogP) is 4.25. The van der Waals surface area contributed by atoms with Crippen LogP contribution in [0.5, 0.6) is 11.6 Å². The first-order valence-electron chi connectivity index (χ1n) is 9.39. The van der Waals surface area contributed by atoms with E-state index in [2.05, 4.69) is 10.1 Å². The van der Waals surface area contributed by atoms with Gasteiger partial charge >= 0.3 is 0 Å². The van der Waals surface area contributed by atoms with Crippen molar-refractivity contribution in [3.8, 4) is 22.3 Å². The molecule has 0 saturated carbocycles. The molecule has 0 amide bonds. The van der Waals surface area contributed by atoms with Crippen LogP contribution in [0, 0.1) is 0 Å². The summed E-state index contributed by atoms with van der Waals surface area (Å²) < 4.78 is 12.9. The van der Waals surface area contributed by atoms with Crippen LogP contribution in [0.15, 0.2) is 59.4 Å². The molecule has 150 valence electrons. The minimum Gasteiger partial charge on any atom is -0.497 e. The highest BCUT2D eigenvalue weighted by Gasteiger charge is 2.36. The lowest BCUT2D eigenvalue weighted by Gasteiger charge is -2.28. The molecule has 0 saturated heterocycles. The summed E-state index contributed by atoms with van der Waals surface area (Å²) in [6.45, 7) is 3.35. The number of nitrogens with zero attached hydrogens (tertiary/aromatic N) is 4. The Labute approximate surface area is 176 Å². The van der Waals surface area contributed by atoms with Gasteiger partial charge in [-0.05, 0) is 43.0 Å². The molecule has 0 bridgehead atoms. The molecule has 1 aliphatic heterocycles. The molecule has 1 aromatic carbocycles. The van der Waals surface area contributed by atoms with Crippen LogP contribution in [-0.2, 0) is 4.79 Å². The first-order valence-corrected chi connectivity index (χ1v) is 10.3. The maximum atomic E-state index is 12.6. The molecule has 0 radical (unpaired) electrons. The van der Waals surface area contributed by atoms with Crippen LogP contribution < -0.4 is 9.47 Å². The van der Waals surface area contributed by atoms with Crippen LogP contribution in [0.1, 0.15) is 30.9 Å². The van der Waals surface area contributed by atoms with Crippen molar-refractivity contribution in [1.29, 1.82) is 0 Å². The highest BCUT2D eigenvalue weighted by atomic mass is 32.1. The topological polar surface area (TPSA) is 78.6 Å². The smallest absolute Gasteiger partial charge is 0.228 e. The number of hydrogen-bond acceptors (Lipinski definition) is 7. The van der Waals surface area contributed by atoms with Crippen LogP contribution in [-0.4, -0.2) is 32.5 Å². The summed E-state index contributed by atoms with van der Waals surface area (Å²) in [6.07, 6.45) is 1.59. The molecule has 7 nitrogen and oxygen atoms in total. The Bertz CT molecular complexity index is 1290. The number of aromatic nitrogens is 4. The second-order valence-electron chi connectivity index (χ2n) is 6.98. The zero-order valence-corrected chi connectivity index (χ0v) is 17.4. The van der Waals surface area contributed by atoms with Crippen molar-refractivity contribution in [2.45, 2.75) is 19.8 Å². The number of thiophene rings is 1. The molecule has 1 atom stereocenters. The van der Waals surface area contributed by atoms with Gasteiger partial charge in [0.2, 0.25) is 5.88 Å². The van der Waals surface area contributed by atoms with E-state index in [0.717, 1.165) is 21.8 Å². The number of carbonyl (C=O) groups excluding carboxylic acids is 1. The number of ether oxygens (including phenoxy) is 2. The van der Waals surface area contributed by atoms with Gasteiger partial charge in [0.1, 0.15) is 17.8 Å². The molecular weight excluding hydrogens is 400 g/mol. The SMILES string of the molecule is COc1ccc([C@H]2C(C(C)=O)=C(C)Oc3ncn4nc(-c5cccs5)nc4c32)cc1. The molecule has 0 N–H and O–H groups in total. The first-order chi connectivity index (χ1) is 14.6. The second kappa shape index (κ2) is 7.07. The summed E-state index contributed by atoms with van der Waals surface area (Å²) in [4.78, 5) is 22.8. The Kier molecular flexibility index (Phi) is 4.36. The third-order valence-corrected chi connectivity index (χ3v) is 6.03. The summed E-state index contributed by atoms with van der Waals surface area (Å²) >= 11 is 1.57. The molecule has 3 aromatic heterocycles. The zero-order valence-electron chi connectivity index (χ0n) is 16.6. The fourth-order valence-corrected chi connectivity index (χ4v) is 4.49. The molecule has 0 fully saturated rings. The van der Waals surface area contributed by atoms with Crippen molar-refractivity contribution in [2.24, 2.45) is 0 Å². The van der Waals surface area contributed by atoms with Gasteiger partial charge in [-0.3, -0.25) is 4.79 Å². The highest BCUT2D eigenvalue weighted by molar-refractivity contribution is 7.13. The molecule has 0 aliphatic carbocycles. The van der Waals surface area contributed by atoms with E-state index < -0.39 is 0 Å². The van der Waals surface area contributed by atoms with E-state index in [1.165, 1.54) is 0 Å². The standard InChI is InChI=1S/C22H18N4O3S/c1-12(27)17-13(2)29-22-19(18(17)14-6-8-15(28-3)9-7-14)21-24-20(16-5-4-10-30-16)25-26(21)11-23-22/h4-11,18H,1-3H3/t18-/m0/s1. The average molecular weight is 418 g/mol. The molecule has 4 aromatic rings. The van der Waals surface area contributed by atoms with Crippen LogP contribution in [0.3, 0.4) is 0 Å². The minimum absolute atomic E-state index is 0.0565. The molecule has 1 aliphatic rings. The number of allylic oxidation sites excluding steroid dienone is 2. The molecule has 0 unspecified atom stereocenters. The van der Waals surface area contributed by atoms with Crippen LogP contribution in [0.2, 0.25) is 0 Å². The summed E-state index contributed by atoms with van der Waals surface area (Å²) in [7, 11) is 1.62. The highest BCUT2D eigenvalue weighted by Crippen LogP contribution is 2.44. The Morgan fingerprint density at radius 3 is 2.70 bits per heavy atom. The normalized spacial score (nSPS) is 15.8. The van der Waals surface area contributed by atoms with Gasteiger partial charge in [-0.25, -0.2) is 14.5 Å². The maximum absolute atomic E-state index is 12.6.